The molecule has 0 aromatic carbocycles. The molecule has 0 heterocycles. The van der Waals surface area contributed by atoms with Crippen molar-refractivity contribution in [3.05, 3.63) is 0 Å². The SMILES string of the molecule is CCOCCC1(CNC(N)=NC)CCCC1. The van der Waals surface area contributed by atoms with Gasteiger partial charge < -0.3 is 15.8 Å². The van der Waals surface area contributed by atoms with E-state index < -0.39 is 0 Å². The Kier molecular flexibility index (Phi) is 5.60. The number of guanidine groups is 1. The van der Waals surface area contributed by atoms with Gasteiger partial charge in [-0.2, -0.15) is 0 Å². The Balaban J connectivity index is 2.39. The maximum Gasteiger partial charge on any atom is 0.188 e. The summed E-state index contributed by atoms with van der Waals surface area (Å²) in [6.45, 7) is 4.65. The number of nitrogens with one attached hydrogen (secondary N) is 1. The summed E-state index contributed by atoms with van der Waals surface area (Å²) in [4.78, 5) is 3.93. The van der Waals surface area contributed by atoms with Gasteiger partial charge >= 0.3 is 0 Å². The van der Waals surface area contributed by atoms with Crippen molar-refractivity contribution in [3.8, 4) is 0 Å². The van der Waals surface area contributed by atoms with E-state index in [0.717, 1.165) is 26.2 Å². The summed E-state index contributed by atoms with van der Waals surface area (Å²) < 4.78 is 5.46. The van der Waals surface area contributed by atoms with Crippen LogP contribution in [0.15, 0.2) is 4.99 Å². The number of hydrogen-bond acceptors (Lipinski definition) is 2. The summed E-state index contributed by atoms with van der Waals surface area (Å²) >= 11 is 0. The second kappa shape index (κ2) is 6.74. The van der Waals surface area contributed by atoms with E-state index in [4.69, 9.17) is 10.5 Å². The molecule has 1 saturated carbocycles. The van der Waals surface area contributed by atoms with Crippen molar-refractivity contribution in [2.75, 3.05) is 26.8 Å². The van der Waals surface area contributed by atoms with Gasteiger partial charge in [-0.1, -0.05) is 12.8 Å². The van der Waals surface area contributed by atoms with Gasteiger partial charge in [0.1, 0.15) is 0 Å². The van der Waals surface area contributed by atoms with Crippen molar-refractivity contribution in [1.82, 2.24) is 5.32 Å². The summed E-state index contributed by atoms with van der Waals surface area (Å²) in [5.74, 6) is 0.544. The highest BCUT2D eigenvalue weighted by Crippen LogP contribution is 2.40. The molecule has 16 heavy (non-hydrogen) atoms. The average Bonchev–Trinajstić information content (AvgIpc) is 2.76. The lowest BCUT2D eigenvalue weighted by atomic mass is 9.83. The highest BCUT2D eigenvalue weighted by molar-refractivity contribution is 5.77. The van der Waals surface area contributed by atoms with E-state index in [1.807, 2.05) is 6.92 Å². The number of aliphatic imine (C=N–C) groups is 1. The number of nitrogens with zero attached hydrogens (tertiary/aromatic N) is 1. The lowest BCUT2D eigenvalue weighted by molar-refractivity contribution is 0.105. The molecule has 0 saturated heterocycles. The summed E-state index contributed by atoms with van der Waals surface area (Å²) in [5, 5.41) is 3.21. The molecule has 0 spiro atoms. The lowest BCUT2D eigenvalue weighted by Crippen LogP contribution is -2.40. The molecule has 0 aliphatic heterocycles. The standard InChI is InChI=1S/C12H25N3O/c1-3-16-9-8-12(6-4-5-7-12)10-15-11(13)14-2/h3-10H2,1-2H3,(H3,13,14,15). The van der Waals surface area contributed by atoms with Gasteiger partial charge in [-0.3, -0.25) is 4.99 Å². The number of nitrogens with two attached hydrogens (primary N) is 1. The van der Waals surface area contributed by atoms with Gasteiger partial charge in [0, 0.05) is 26.8 Å². The Morgan fingerprint density at radius 3 is 2.69 bits per heavy atom. The first kappa shape index (κ1) is 13.3. The van der Waals surface area contributed by atoms with Crippen LogP contribution in [-0.2, 0) is 4.74 Å². The fraction of sp³-hybridized carbons (Fsp3) is 0.917. The van der Waals surface area contributed by atoms with Crippen molar-refractivity contribution >= 4 is 5.96 Å². The van der Waals surface area contributed by atoms with Gasteiger partial charge in [0.15, 0.2) is 5.96 Å². The van der Waals surface area contributed by atoms with Gasteiger partial charge in [-0.25, -0.2) is 0 Å². The third-order valence-corrected chi connectivity index (χ3v) is 3.53. The number of rotatable bonds is 6. The molecule has 0 amide bonds. The normalized spacial score (nSPS) is 20.0. The first-order valence-corrected chi connectivity index (χ1v) is 6.26. The van der Waals surface area contributed by atoms with E-state index in [1.54, 1.807) is 7.05 Å². The lowest BCUT2D eigenvalue weighted by Gasteiger charge is -2.29. The Morgan fingerprint density at radius 1 is 1.44 bits per heavy atom. The molecule has 1 fully saturated rings. The predicted octanol–water partition coefficient (Wildman–Crippen LogP) is 1.51. The van der Waals surface area contributed by atoms with Gasteiger partial charge in [-0.15, -0.1) is 0 Å². The van der Waals surface area contributed by atoms with Crippen LogP contribution in [0.4, 0.5) is 0 Å². The Bertz CT molecular complexity index is 222. The molecule has 0 radical (unpaired) electrons. The molecular weight excluding hydrogens is 202 g/mol. The van der Waals surface area contributed by atoms with Gasteiger partial charge in [0.25, 0.3) is 0 Å². The molecule has 3 N–H and O–H groups in total. The van der Waals surface area contributed by atoms with Crippen LogP contribution < -0.4 is 11.1 Å². The van der Waals surface area contributed by atoms with Gasteiger partial charge in [0.05, 0.1) is 0 Å². The molecule has 4 heteroatoms. The molecule has 0 atom stereocenters. The topological polar surface area (TPSA) is 59.6 Å². The van der Waals surface area contributed by atoms with Crippen LogP contribution in [-0.4, -0.2) is 32.8 Å². The van der Waals surface area contributed by atoms with Crippen LogP contribution in [0.2, 0.25) is 0 Å². The van der Waals surface area contributed by atoms with Crippen LogP contribution in [0.25, 0.3) is 0 Å². The smallest absolute Gasteiger partial charge is 0.188 e. The maximum atomic E-state index is 5.67. The maximum absolute atomic E-state index is 5.67. The zero-order valence-corrected chi connectivity index (χ0v) is 10.6. The third-order valence-electron chi connectivity index (χ3n) is 3.53. The largest absolute Gasteiger partial charge is 0.382 e. The first-order chi connectivity index (χ1) is 7.72. The fourth-order valence-electron chi connectivity index (χ4n) is 2.43. The zero-order chi connectivity index (χ0) is 11.9. The van der Waals surface area contributed by atoms with E-state index >= 15 is 0 Å². The van der Waals surface area contributed by atoms with Crippen LogP contribution >= 0.6 is 0 Å². The quantitative estimate of drug-likeness (QED) is 0.411. The third kappa shape index (κ3) is 4.00. The average molecular weight is 227 g/mol. The van der Waals surface area contributed by atoms with Crippen molar-refractivity contribution in [2.24, 2.45) is 16.1 Å². The Hall–Kier alpha value is -0.770. The highest BCUT2D eigenvalue weighted by atomic mass is 16.5. The van der Waals surface area contributed by atoms with Crippen molar-refractivity contribution < 1.29 is 4.74 Å². The molecule has 94 valence electrons. The zero-order valence-electron chi connectivity index (χ0n) is 10.6. The molecule has 4 nitrogen and oxygen atoms in total. The Morgan fingerprint density at radius 2 is 2.12 bits per heavy atom. The van der Waals surface area contributed by atoms with E-state index in [-0.39, 0.29) is 0 Å². The van der Waals surface area contributed by atoms with Crippen molar-refractivity contribution in [1.29, 1.82) is 0 Å². The molecule has 1 aliphatic carbocycles. The van der Waals surface area contributed by atoms with Crippen LogP contribution in [0.3, 0.4) is 0 Å². The van der Waals surface area contributed by atoms with E-state index in [9.17, 15) is 0 Å². The van der Waals surface area contributed by atoms with Crippen LogP contribution in [0, 0.1) is 5.41 Å². The van der Waals surface area contributed by atoms with Gasteiger partial charge in [-0.05, 0) is 31.6 Å². The summed E-state index contributed by atoms with van der Waals surface area (Å²) in [7, 11) is 1.71. The minimum atomic E-state index is 0.379. The first-order valence-electron chi connectivity index (χ1n) is 6.26. The molecule has 0 bridgehead atoms. The van der Waals surface area contributed by atoms with Crippen molar-refractivity contribution in [2.45, 2.75) is 39.0 Å². The van der Waals surface area contributed by atoms with E-state index in [1.165, 1.54) is 25.7 Å². The molecule has 1 rings (SSSR count). The highest BCUT2D eigenvalue weighted by Gasteiger charge is 2.33. The van der Waals surface area contributed by atoms with Crippen LogP contribution in [0.5, 0.6) is 0 Å². The molecular formula is C12H25N3O. The monoisotopic (exact) mass is 227 g/mol. The minimum Gasteiger partial charge on any atom is -0.382 e. The fourth-order valence-corrected chi connectivity index (χ4v) is 2.43. The van der Waals surface area contributed by atoms with Crippen LogP contribution in [0.1, 0.15) is 39.0 Å². The van der Waals surface area contributed by atoms with E-state index in [2.05, 4.69) is 10.3 Å². The summed E-state index contributed by atoms with van der Waals surface area (Å²) in [5.41, 5.74) is 6.05. The second-order valence-electron chi connectivity index (χ2n) is 4.62. The van der Waals surface area contributed by atoms with Gasteiger partial charge in [0.2, 0.25) is 0 Å². The molecule has 0 unspecified atom stereocenters. The minimum absolute atomic E-state index is 0.379. The molecule has 0 aromatic rings. The Labute approximate surface area is 98.6 Å². The molecule has 0 aromatic heterocycles. The second-order valence-corrected chi connectivity index (χ2v) is 4.62. The number of ether oxygens (including phenoxy) is 1. The summed E-state index contributed by atoms with van der Waals surface area (Å²) in [6, 6.07) is 0. The molecule has 1 aliphatic rings. The number of hydrogen-bond donors (Lipinski definition) is 2. The summed E-state index contributed by atoms with van der Waals surface area (Å²) in [6.07, 6.45) is 6.35. The van der Waals surface area contributed by atoms with E-state index in [0.29, 0.717) is 11.4 Å². The van der Waals surface area contributed by atoms with Crippen molar-refractivity contribution in [3.63, 3.8) is 0 Å². The predicted molar refractivity (Wildman–Crippen MR) is 67.6 cm³/mol.